The number of Topliss-reactive ketones (excluding diaryl/α,β-unsaturated/α-hetero) is 1. The minimum absolute atomic E-state index is 0.123. The SMILES string of the molecule is COc1cc(F)cc(OC)c1C(=O)CCl. The number of halogens is 2. The summed E-state index contributed by atoms with van der Waals surface area (Å²) in [4.78, 5) is 11.5. The van der Waals surface area contributed by atoms with Gasteiger partial charge in [0.2, 0.25) is 0 Å². The number of hydrogen-bond donors (Lipinski definition) is 0. The van der Waals surface area contributed by atoms with Crippen LogP contribution in [0.4, 0.5) is 4.39 Å². The van der Waals surface area contributed by atoms with Crippen molar-refractivity contribution in [3.05, 3.63) is 23.5 Å². The fourth-order valence-electron chi connectivity index (χ4n) is 1.22. The molecule has 0 aliphatic carbocycles. The van der Waals surface area contributed by atoms with Crippen molar-refractivity contribution in [1.29, 1.82) is 0 Å². The van der Waals surface area contributed by atoms with E-state index in [1.54, 1.807) is 0 Å². The molecule has 0 N–H and O–H groups in total. The Balaban J connectivity index is 3.36. The summed E-state index contributed by atoms with van der Waals surface area (Å²) >= 11 is 5.43. The molecule has 5 heteroatoms. The second kappa shape index (κ2) is 4.98. The van der Waals surface area contributed by atoms with E-state index in [2.05, 4.69) is 0 Å². The lowest BCUT2D eigenvalue weighted by atomic mass is 10.1. The molecule has 1 aromatic rings. The van der Waals surface area contributed by atoms with Crippen molar-refractivity contribution in [3.63, 3.8) is 0 Å². The Morgan fingerprint density at radius 3 is 2.13 bits per heavy atom. The van der Waals surface area contributed by atoms with Crippen LogP contribution in [0.15, 0.2) is 12.1 Å². The molecule has 0 amide bonds. The number of benzene rings is 1. The van der Waals surface area contributed by atoms with E-state index in [-0.39, 0.29) is 28.7 Å². The average molecular weight is 233 g/mol. The van der Waals surface area contributed by atoms with E-state index in [0.717, 1.165) is 12.1 Å². The van der Waals surface area contributed by atoms with Crippen LogP contribution >= 0.6 is 11.6 Å². The molecule has 0 radical (unpaired) electrons. The van der Waals surface area contributed by atoms with Crippen LogP contribution in [0.3, 0.4) is 0 Å². The van der Waals surface area contributed by atoms with Gasteiger partial charge in [-0.15, -0.1) is 11.6 Å². The Labute approximate surface area is 91.7 Å². The van der Waals surface area contributed by atoms with E-state index in [9.17, 15) is 9.18 Å². The molecule has 0 aliphatic rings. The molecule has 0 unspecified atom stereocenters. The van der Waals surface area contributed by atoms with E-state index in [1.807, 2.05) is 0 Å². The maximum atomic E-state index is 13.0. The van der Waals surface area contributed by atoms with Gasteiger partial charge in [0.1, 0.15) is 22.9 Å². The molecule has 0 aliphatic heterocycles. The van der Waals surface area contributed by atoms with Crippen LogP contribution in [0.2, 0.25) is 0 Å². The van der Waals surface area contributed by atoms with Crippen LogP contribution in [-0.4, -0.2) is 25.9 Å². The lowest BCUT2D eigenvalue weighted by molar-refractivity contribution is 0.101. The van der Waals surface area contributed by atoms with E-state index >= 15 is 0 Å². The third kappa shape index (κ3) is 2.39. The van der Waals surface area contributed by atoms with Gasteiger partial charge in [0.05, 0.1) is 20.1 Å². The fraction of sp³-hybridized carbons (Fsp3) is 0.300. The van der Waals surface area contributed by atoms with Crippen LogP contribution in [0.5, 0.6) is 11.5 Å². The number of ether oxygens (including phenoxy) is 2. The summed E-state index contributed by atoms with van der Waals surface area (Å²) in [5.74, 6) is -0.867. The summed E-state index contributed by atoms with van der Waals surface area (Å²) < 4.78 is 22.8. The Hall–Kier alpha value is -1.29. The number of ketones is 1. The highest BCUT2D eigenvalue weighted by Crippen LogP contribution is 2.30. The lowest BCUT2D eigenvalue weighted by Crippen LogP contribution is -2.06. The zero-order valence-corrected chi connectivity index (χ0v) is 9.10. The van der Waals surface area contributed by atoms with Gasteiger partial charge >= 0.3 is 0 Å². The van der Waals surface area contributed by atoms with Gasteiger partial charge in [0.15, 0.2) is 5.78 Å². The van der Waals surface area contributed by atoms with Crippen LogP contribution in [0.1, 0.15) is 10.4 Å². The highest BCUT2D eigenvalue weighted by molar-refractivity contribution is 6.31. The topological polar surface area (TPSA) is 35.5 Å². The smallest absolute Gasteiger partial charge is 0.185 e. The number of methoxy groups -OCH3 is 2. The minimum Gasteiger partial charge on any atom is -0.496 e. The summed E-state index contributed by atoms with van der Waals surface area (Å²) in [5.41, 5.74) is 0.163. The number of carbonyl (C=O) groups is 1. The van der Waals surface area contributed by atoms with Crippen molar-refractivity contribution in [2.24, 2.45) is 0 Å². The van der Waals surface area contributed by atoms with Gasteiger partial charge in [-0.2, -0.15) is 0 Å². The summed E-state index contributed by atoms with van der Waals surface area (Å²) in [5, 5.41) is 0. The molecule has 0 heterocycles. The Morgan fingerprint density at radius 2 is 1.80 bits per heavy atom. The predicted molar refractivity (Wildman–Crippen MR) is 54.6 cm³/mol. The van der Waals surface area contributed by atoms with Gasteiger partial charge in [-0.3, -0.25) is 4.79 Å². The summed E-state index contributed by atoms with van der Waals surface area (Å²) in [6, 6.07) is 2.23. The minimum atomic E-state index is -0.533. The normalized spacial score (nSPS) is 9.87. The molecule has 15 heavy (non-hydrogen) atoms. The fourth-order valence-corrected chi connectivity index (χ4v) is 1.36. The molecule has 0 bridgehead atoms. The van der Waals surface area contributed by atoms with Crippen molar-refractivity contribution in [1.82, 2.24) is 0 Å². The van der Waals surface area contributed by atoms with Crippen molar-refractivity contribution in [3.8, 4) is 11.5 Å². The largest absolute Gasteiger partial charge is 0.496 e. The van der Waals surface area contributed by atoms with Crippen molar-refractivity contribution in [2.45, 2.75) is 0 Å². The van der Waals surface area contributed by atoms with Crippen molar-refractivity contribution < 1.29 is 18.7 Å². The van der Waals surface area contributed by atoms with E-state index in [4.69, 9.17) is 21.1 Å². The molecular weight excluding hydrogens is 223 g/mol. The number of alkyl halides is 1. The quantitative estimate of drug-likeness (QED) is 0.590. The zero-order chi connectivity index (χ0) is 11.4. The van der Waals surface area contributed by atoms with E-state index in [1.165, 1.54) is 14.2 Å². The molecule has 0 saturated carbocycles. The standard InChI is InChI=1S/C10H10ClFO3/c1-14-8-3-6(12)4-9(15-2)10(8)7(13)5-11/h3-4H,5H2,1-2H3. The Bertz CT molecular complexity index is 354. The summed E-state index contributed by atoms with van der Waals surface area (Å²) in [6.07, 6.45) is 0. The van der Waals surface area contributed by atoms with Crippen molar-refractivity contribution >= 4 is 17.4 Å². The van der Waals surface area contributed by atoms with Crippen LogP contribution in [0, 0.1) is 5.82 Å². The summed E-state index contributed by atoms with van der Waals surface area (Å²) in [6.45, 7) is 0. The average Bonchev–Trinajstić information content (AvgIpc) is 2.26. The van der Waals surface area contributed by atoms with Gasteiger partial charge in [-0.25, -0.2) is 4.39 Å². The Morgan fingerprint density at radius 1 is 1.33 bits per heavy atom. The third-order valence-corrected chi connectivity index (χ3v) is 2.11. The van der Waals surface area contributed by atoms with Gasteiger partial charge in [-0.05, 0) is 0 Å². The molecule has 1 rings (SSSR count). The van der Waals surface area contributed by atoms with Gasteiger partial charge in [-0.1, -0.05) is 0 Å². The third-order valence-electron chi connectivity index (χ3n) is 1.87. The predicted octanol–water partition coefficient (Wildman–Crippen LogP) is 2.26. The first-order valence-electron chi connectivity index (χ1n) is 4.14. The molecule has 0 aromatic heterocycles. The number of rotatable bonds is 4. The first-order chi connectivity index (χ1) is 7.13. The molecule has 1 aromatic carbocycles. The molecule has 0 spiro atoms. The molecular formula is C10H10ClFO3. The second-order valence-corrected chi connectivity index (χ2v) is 3.01. The van der Waals surface area contributed by atoms with Crippen LogP contribution in [0.25, 0.3) is 0 Å². The van der Waals surface area contributed by atoms with Gasteiger partial charge in [0, 0.05) is 12.1 Å². The second-order valence-electron chi connectivity index (χ2n) is 2.74. The molecule has 3 nitrogen and oxygen atoms in total. The monoisotopic (exact) mass is 232 g/mol. The summed E-state index contributed by atoms with van der Waals surface area (Å²) in [7, 11) is 2.69. The first-order valence-corrected chi connectivity index (χ1v) is 4.68. The zero-order valence-electron chi connectivity index (χ0n) is 8.34. The number of carbonyl (C=O) groups excluding carboxylic acids is 1. The highest BCUT2D eigenvalue weighted by Gasteiger charge is 2.18. The van der Waals surface area contributed by atoms with E-state index in [0.29, 0.717) is 0 Å². The molecule has 0 atom stereocenters. The van der Waals surface area contributed by atoms with Gasteiger partial charge < -0.3 is 9.47 Å². The van der Waals surface area contributed by atoms with E-state index < -0.39 is 5.82 Å². The van der Waals surface area contributed by atoms with Crippen molar-refractivity contribution in [2.75, 3.05) is 20.1 Å². The maximum absolute atomic E-state index is 13.0. The highest BCUT2D eigenvalue weighted by atomic mass is 35.5. The van der Waals surface area contributed by atoms with Gasteiger partial charge in [0.25, 0.3) is 0 Å². The van der Waals surface area contributed by atoms with Crippen LogP contribution < -0.4 is 9.47 Å². The molecule has 82 valence electrons. The molecule has 0 fully saturated rings. The van der Waals surface area contributed by atoms with Crippen LogP contribution in [-0.2, 0) is 0 Å². The molecule has 0 saturated heterocycles. The maximum Gasteiger partial charge on any atom is 0.185 e. The Kier molecular flexibility index (Phi) is 3.91. The lowest BCUT2D eigenvalue weighted by Gasteiger charge is -2.11. The number of hydrogen-bond acceptors (Lipinski definition) is 3. The first kappa shape index (κ1) is 11.8.